The van der Waals surface area contributed by atoms with Crippen molar-refractivity contribution in [2.24, 2.45) is 0 Å². The number of hydrogen-bond donors (Lipinski definition) is 2. The van der Waals surface area contributed by atoms with Gasteiger partial charge in [-0.1, -0.05) is 155 Å². The van der Waals surface area contributed by atoms with Crippen molar-refractivity contribution in [2.45, 2.75) is 193 Å². The van der Waals surface area contributed by atoms with Crippen LogP contribution in [0, 0.1) is 0 Å². The molecular formula is C33H67NO3. The van der Waals surface area contributed by atoms with Crippen molar-refractivity contribution in [3.63, 3.8) is 0 Å². The van der Waals surface area contributed by atoms with E-state index >= 15 is 0 Å². The first kappa shape index (κ1) is 36.2. The van der Waals surface area contributed by atoms with Gasteiger partial charge in [0.15, 0.2) is 0 Å². The number of aliphatic hydroxyl groups is 1. The molecule has 0 bridgehead atoms. The molecule has 0 spiro atoms. The van der Waals surface area contributed by atoms with E-state index < -0.39 is 0 Å². The molecule has 0 radical (unpaired) electrons. The number of ether oxygens (including phenoxy) is 1. The van der Waals surface area contributed by atoms with E-state index in [-0.39, 0.29) is 18.8 Å². The second-order valence-electron chi connectivity index (χ2n) is 11.4. The summed E-state index contributed by atoms with van der Waals surface area (Å²) in [6, 6.07) is 0. The van der Waals surface area contributed by atoms with Crippen LogP contribution in [0.2, 0.25) is 0 Å². The van der Waals surface area contributed by atoms with Crippen LogP contribution in [-0.2, 0) is 4.74 Å². The number of carbonyl (C=O) groups is 1. The summed E-state index contributed by atoms with van der Waals surface area (Å²) in [5.41, 5.74) is 0. The first-order valence-electron chi connectivity index (χ1n) is 16.8. The Kier molecular flexibility index (Phi) is 30.8. The van der Waals surface area contributed by atoms with Gasteiger partial charge in [-0.05, 0) is 32.1 Å². The largest absolute Gasteiger partial charge is 0.446 e. The third kappa shape index (κ3) is 29.6. The number of unbranched alkanes of at least 4 members (excludes halogenated alkanes) is 22. The number of nitrogens with one attached hydrogen (secondary N) is 1. The van der Waals surface area contributed by atoms with E-state index in [0.29, 0.717) is 13.0 Å². The monoisotopic (exact) mass is 526 g/mol. The fourth-order valence-corrected chi connectivity index (χ4v) is 5.15. The van der Waals surface area contributed by atoms with Crippen molar-refractivity contribution in [2.75, 3.05) is 13.2 Å². The number of alkyl carbamates (subject to hydrolysis) is 1. The van der Waals surface area contributed by atoms with E-state index in [1.165, 1.54) is 141 Å². The molecule has 0 heterocycles. The lowest BCUT2D eigenvalue weighted by atomic mass is 10.0. The fraction of sp³-hybridized carbons (Fsp3) is 0.970. The van der Waals surface area contributed by atoms with Crippen LogP contribution in [-0.4, -0.2) is 30.5 Å². The van der Waals surface area contributed by atoms with Crippen LogP contribution < -0.4 is 5.32 Å². The van der Waals surface area contributed by atoms with Gasteiger partial charge in [0.25, 0.3) is 0 Å². The van der Waals surface area contributed by atoms with Gasteiger partial charge in [-0.25, -0.2) is 4.79 Å². The summed E-state index contributed by atoms with van der Waals surface area (Å²) < 4.78 is 5.77. The van der Waals surface area contributed by atoms with Gasteiger partial charge < -0.3 is 15.2 Å². The van der Waals surface area contributed by atoms with Gasteiger partial charge in [0.05, 0.1) is 0 Å². The fourth-order valence-electron chi connectivity index (χ4n) is 5.15. The van der Waals surface area contributed by atoms with Crippen LogP contribution in [0.25, 0.3) is 0 Å². The van der Waals surface area contributed by atoms with Crippen LogP contribution in [0.3, 0.4) is 0 Å². The average molecular weight is 526 g/mol. The zero-order valence-electron chi connectivity index (χ0n) is 25.3. The molecule has 0 aromatic carbocycles. The Hall–Kier alpha value is -0.770. The lowest BCUT2D eigenvalue weighted by molar-refractivity contribution is 0.0838. The molecule has 4 nitrogen and oxygen atoms in total. The molecule has 37 heavy (non-hydrogen) atoms. The Morgan fingerprint density at radius 3 is 1.19 bits per heavy atom. The van der Waals surface area contributed by atoms with E-state index in [1.807, 2.05) is 0 Å². The summed E-state index contributed by atoms with van der Waals surface area (Å²) in [4.78, 5) is 12.2. The highest BCUT2D eigenvalue weighted by Gasteiger charge is 2.14. The van der Waals surface area contributed by atoms with E-state index in [0.717, 1.165) is 25.7 Å². The Morgan fingerprint density at radius 1 is 0.541 bits per heavy atom. The minimum absolute atomic E-state index is 0.0420. The van der Waals surface area contributed by atoms with E-state index in [9.17, 15) is 4.79 Å². The van der Waals surface area contributed by atoms with E-state index in [2.05, 4.69) is 19.2 Å². The lowest BCUT2D eigenvalue weighted by Gasteiger charge is -2.18. The van der Waals surface area contributed by atoms with Gasteiger partial charge in [-0.3, -0.25) is 0 Å². The van der Waals surface area contributed by atoms with E-state index in [4.69, 9.17) is 9.84 Å². The molecule has 0 aromatic rings. The van der Waals surface area contributed by atoms with Gasteiger partial charge in [0.2, 0.25) is 0 Å². The zero-order valence-corrected chi connectivity index (χ0v) is 25.3. The summed E-state index contributed by atoms with van der Waals surface area (Å²) in [7, 11) is 0. The first-order valence-corrected chi connectivity index (χ1v) is 16.8. The Bertz CT molecular complexity index is 415. The molecule has 0 saturated heterocycles. The molecule has 0 atom stereocenters. The molecule has 0 aliphatic rings. The van der Waals surface area contributed by atoms with Crippen LogP contribution >= 0.6 is 0 Å². The van der Waals surface area contributed by atoms with Crippen molar-refractivity contribution < 1.29 is 14.6 Å². The Labute approximate surface area is 232 Å². The summed E-state index contributed by atoms with van der Waals surface area (Å²) in [5, 5.41) is 11.7. The minimum Gasteiger partial charge on any atom is -0.446 e. The molecule has 0 aliphatic carbocycles. The summed E-state index contributed by atoms with van der Waals surface area (Å²) in [6.45, 7) is 5.14. The first-order chi connectivity index (χ1) is 18.2. The van der Waals surface area contributed by atoms with Crippen LogP contribution in [0.5, 0.6) is 0 Å². The smallest absolute Gasteiger partial charge is 0.407 e. The Morgan fingerprint density at radius 2 is 0.865 bits per heavy atom. The highest BCUT2D eigenvalue weighted by atomic mass is 16.6. The van der Waals surface area contributed by atoms with Gasteiger partial charge in [0, 0.05) is 13.2 Å². The summed E-state index contributed by atoms with van der Waals surface area (Å²) in [6.07, 6.45) is 34.7. The molecule has 4 heteroatoms. The molecule has 0 aromatic heterocycles. The minimum atomic E-state index is -0.309. The van der Waals surface area contributed by atoms with Crippen LogP contribution in [0.15, 0.2) is 0 Å². The second-order valence-corrected chi connectivity index (χ2v) is 11.4. The molecule has 0 unspecified atom stereocenters. The molecule has 2 N–H and O–H groups in total. The van der Waals surface area contributed by atoms with Crippen LogP contribution in [0.4, 0.5) is 4.79 Å². The van der Waals surface area contributed by atoms with Crippen molar-refractivity contribution in [3.8, 4) is 0 Å². The normalized spacial score (nSPS) is 11.4. The topological polar surface area (TPSA) is 58.6 Å². The number of aliphatic hydroxyl groups excluding tert-OH is 1. The number of carbonyl (C=O) groups excluding carboxylic acids is 1. The molecule has 0 fully saturated rings. The van der Waals surface area contributed by atoms with Crippen molar-refractivity contribution in [1.29, 1.82) is 0 Å². The molecule has 0 saturated carbocycles. The molecular weight excluding hydrogens is 458 g/mol. The third-order valence-electron chi connectivity index (χ3n) is 7.64. The molecule has 1 amide bonds. The van der Waals surface area contributed by atoms with Gasteiger partial charge in [-0.15, -0.1) is 0 Å². The Balaban J connectivity index is 3.87. The van der Waals surface area contributed by atoms with Crippen molar-refractivity contribution >= 4 is 6.09 Å². The van der Waals surface area contributed by atoms with Crippen molar-refractivity contribution in [3.05, 3.63) is 0 Å². The van der Waals surface area contributed by atoms with E-state index in [1.54, 1.807) is 0 Å². The molecule has 0 aliphatic heterocycles. The number of amides is 1. The van der Waals surface area contributed by atoms with Crippen LogP contribution in [0.1, 0.15) is 187 Å². The lowest BCUT2D eigenvalue weighted by Crippen LogP contribution is -2.30. The summed E-state index contributed by atoms with van der Waals surface area (Å²) in [5.74, 6) is 0. The quantitative estimate of drug-likeness (QED) is 0.0917. The molecule has 0 rings (SSSR count). The highest BCUT2D eigenvalue weighted by molar-refractivity contribution is 5.67. The van der Waals surface area contributed by atoms with Gasteiger partial charge in [0.1, 0.15) is 6.10 Å². The van der Waals surface area contributed by atoms with Gasteiger partial charge in [-0.2, -0.15) is 0 Å². The average Bonchev–Trinajstić information content (AvgIpc) is 2.89. The maximum absolute atomic E-state index is 12.2. The number of hydrogen-bond acceptors (Lipinski definition) is 3. The molecule has 222 valence electrons. The predicted octanol–water partition coefficient (Wildman–Crippen LogP) is 10.6. The third-order valence-corrected chi connectivity index (χ3v) is 7.64. The maximum Gasteiger partial charge on any atom is 0.407 e. The highest BCUT2D eigenvalue weighted by Crippen LogP contribution is 2.18. The predicted molar refractivity (Wildman–Crippen MR) is 161 cm³/mol. The SMILES string of the molecule is CCCCCCCCCCCCCCC(CCCCCCCCCCCCCC)OC(=O)NCCCO. The second kappa shape index (κ2) is 31.4. The van der Waals surface area contributed by atoms with Gasteiger partial charge >= 0.3 is 6.09 Å². The number of rotatable bonds is 30. The standard InChI is InChI=1S/C33H67NO3/c1-3-5-7-9-11-13-15-17-19-21-23-25-28-32(37-33(36)34-30-27-31-35)29-26-24-22-20-18-16-14-12-10-8-6-4-2/h32,35H,3-31H2,1-2H3,(H,34,36). The van der Waals surface area contributed by atoms with Crippen molar-refractivity contribution in [1.82, 2.24) is 5.32 Å². The summed E-state index contributed by atoms with van der Waals surface area (Å²) >= 11 is 0. The maximum atomic E-state index is 12.2. The zero-order chi connectivity index (χ0) is 27.1.